The van der Waals surface area contributed by atoms with Crippen molar-refractivity contribution in [3.63, 3.8) is 0 Å². The first kappa shape index (κ1) is 17.0. The normalized spacial score (nSPS) is 10.9. The molecule has 0 aromatic rings. The number of hydrogen-bond donors (Lipinski definition) is 0. The third kappa shape index (κ3) is 16.0. The lowest BCUT2D eigenvalue weighted by Crippen LogP contribution is -1.95. The van der Waals surface area contributed by atoms with Crippen molar-refractivity contribution in [2.45, 2.75) is 90.9 Å². The second kappa shape index (κ2) is 16.0. The summed E-state index contributed by atoms with van der Waals surface area (Å²) in [4.78, 5) is 0. The summed E-state index contributed by atoms with van der Waals surface area (Å²) in [5, 5.41) is 0. The van der Waals surface area contributed by atoms with Crippen molar-refractivity contribution < 1.29 is 4.74 Å². The zero-order valence-corrected chi connectivity index (χ0v) is 12.3. The Morgan fingerprint density at radius 1 is 0.471 bits per heavy atom. The van der Waals surface area contributed by atoms with Crippen LogP contribution in [0.5, 0.6) is 0 Å². The molecule has 0 heterocycles. The van der Waals surface area contributed by atoms with E-state index in [0.29, 0.717) is 0 Å². The Morgan fingerprint density at radius 2 is 0.941 bits per heavy atom. The minimum atomic E-state index is 0.942. The zero-order chi connectivity index (χ0) is 12.6. The van der Waals surface area contributed by atoms with Gasteiger partial charge in [0.15, 0.2) is 0 Å². The van der Waals surface area contributed by atoms with Crippen LogP contribution in [0.2, 0.25) is 0 Å². The number of rotatable bonds is 14. The maximum atomic E-state index is 5.47. The minimum absolute atomic E-state index is 0.942. The van der Waals surface area contributed by atoms with E-state index in [0.717, 1.165) is 19.6 Å². The van der Waals surface area contributed by atoms with E-state index < -0.39 is 0 Å². The van der Waals surface area contributed by atoms with Crippen LogP contribution in [-0.2, 0) is 4.74 Å². The maximum absolute atomic E-state index is 5.47. The molecule has 0 spiro atoms. The predicted molar refractivity (Wildman–Crippen MR) is 77.6 cm³/mol. The lowest BCUT2D eigenvalue weighted by atomic mass is 10.1. The van der Waals surface area contributed by atoms with Gasteiger partial charge < -0.3 is 4.74 Å². The highest BCUT2D eigenvalue weighted by molar-refractivity contribution is 4.47. The molecule has 0 bridgehead atoms. The molecular formula is C16H34O. The first-order valence-electron chi connectivity index (χ1n) is 7.99. The van der Waals surface area contributed by atoms with E-state index in [9.17, 15) is 0 Å². The van der Waals surface area contributed by atoms with E-state index >= 15 is 0 Å². The highest BCUT2D eigenvalue weighted by Gasteiger charge is 1.93. The average molecular weight is 242 g/mol. The molecule has 0 amide bonds. The van der Waals surface area contributed by atoms with Crippen LogP contribution in [0.1, 0.15) is 90.9 Å². The third-order valence-electron chi connectivity index (χ3n) is 3.24. The summed E-state index contributed by atoms with van der Waals surface area (Å²) in [5.41, 5.74) is 0. The van der Waals surface area contributed by atoms with Gasteiger partial charge in [-0.2, -0.15) is 0 Å². The SMILES string of the molecule is CCCCCCCCCCCCCOCCC. The molecule has 1 nitrogen and oxygen atoms in total. The lowest BCUT2D eigenvalue weighted by molar-refractivity contribution is 0.130. The molecule has 0 fully saturated rings. The summed E-state index contributed by atoms with van der Waals surface area (Å²) >= 11 is 0. The molecular weight excluding hydrogens is 208 g/mol. The van der Waals surface area contributed by atoms with Gasteiger partial charge in [-0.3, -0.25) is 0 Å². The van der Waals surface area contributed by atoms with Gasteiger partial charge in [-0.25, -0.2) is 0 Å². The fourth-order valence-electron chi connectivity index (χ4n) is 2.11. The van der Waals surface area contributed by atoms with Crippen LogP contribution in [0.25, 0.3) is 0 Å². The smallest absolute Gasteiger partial charge is 0.0466 e. The molecule has 0 atom stereocenters. The van der Waals surface area contributed by atoms with Gasteiger partial charge in [0.05, 0.1) is 0 Å². The first-order chi connectivity index (χ1) is 8.41. The van der Waals surface area contributed by atoms with Gasteiger partial charge in [-0.05, 0) is 12.8 Å². The monoisotopic (exact) mass is 242 g/mol. The van der Waals surface area contributed by atoms with Crippen LogP contribution in [0.15, 0.2) is 0 Å². The molecule has 1 heteroatoms. The molecule has 0 saturated heterocycles. The Hall–Kier alpha value is -0.0400. The molecule has 0 aliphatic carbocycles. The first-order valence-corrected chi connectivity index (χ1v) is 7.99. The molecule has 0 rings (SSSR count). The van der Waals surface area contributed by atoms with Gasteiger partial charge in [-0.15, -0.1) is 0 Å². The van der Waals surface area contributed by atoms with Gasteiger partial charge >= 0.3 is 0 Å². The average Bonchev–Trinajstić information content (AvgIpc) is 2.35. The number of hydrogen-bond acceptors (Lipinski definition) is 1. The highest BCUT2D eigenvalue weighted by atomic mass is 16.5. The summed E-state index contributed by atoms with van der Waals surface area (Å²) in [6.45, 7) is 6.37. The van der Waals surface area contributed by atoms with E-state index in [-0.39, 0.29) is 0 Å². The van der Waals surface area contributed by atoms with Crippen molar-refractivity contribution >= 4 is 0 Å². The number of ether oxygens (including phenoxy) is 1. The molecule has 0 aliphatic rings. The van der Waals surface area contributed by atoms with Gasteiger partial charge in [0.1, 0.15) is 0 Å². The Labute approximate surface area is 109 Å². The molecule has 0 radical (unpaired) electrons. The molecule has 0 saturated carbocycles. The van der Waals surface area contributed by atoms with Crippen LogP contribution in [0.3, 0.4) is 0 Å². The molecule has 0 aromatic heterocycles. The van der Waals surface area contributed by atoms with Gasteiger partial charge in [0.25, 0.3) is 0 Å². The summed E-state index contributed by atoms with van der Waals surface area (Å²) in [6, 6.07) is 0. The van der Waals surface area contributed by atoms with E-state index in [1.807, 2.05) is 0 Å². The largest absolute Gasteiger partial charge is 0.381 e. The quantitative estimate of drug-likeness (QED) is 0.354. The summed E-state index contributed by atoms with van der Waals surface area (Å²) in [7, 11) is 0. The summed E-state index contributed by atoms with van der Waals surface area (Å²) in [5.74, 6) is 0. The van der Waals surface area contributed by atoms with Crippen LogP contribution in [-0.4, -0.2) is 13.2 Å². The third-order valence-corrected chi connectivity index (χ3v) is 3.24. The Kier molecular flexibility index (Phi) is 15.9. The van der Waals surface area contributed by atoms with Crippen LogP contribution < -0.4 is 0 Å². The summed E-state index contributed by atoms with van der Waals surface area (Å²) < 4.78 is 5.47. The molecule has 0 aromatic carbocycles. The van der Waals surface area contributed by atoms with Gasteiger partial charge in [0.2, 0.25) is 0 Å². The Morgan fingerprint density at radius 3 is 1.41 bits per heavy atom. The fraction of sp³-hybridized carbons (Fsp3) is 1.00. The molecule has 17 heavy (non-hydrogen) atoms. The maximum Gasteiger partial charge on any atom is 0.0466 e. The second-order valence-electron chi connectivity index (χ2n) is 5.15. The fourth-order valence-corrected chi connectivity index (χ4v) is 2.11. The molecule has 0 unspecified atom stereocenters. The van der Waals surface area contributed by atoms with Gasteiger partial charge in [0, 0.05) is 13.2 Å². The van der Waals surface area contributed by atoms with Crippen molar-refractivity contribution in [3.8, 4) is 0 Å². The van der Waals surface area contributed by atoms with E-state index in [4.69, 9.17) is 4.74 Å². The zero-order valence-electron chi connectivity index (χ0n) is 12.3. The van der Waals surface area contributed by atoms with Crippen molar-refractivity contribution in [2.24, 2.45) is 0 Å². The summed E-state index contributed by atoms with van der Waals surface area (Å²) in [6.07, 6.45) is 16.7. The standard InChI is InChI=1S/C16H34O/c1-3-5-6-7-8-9-10-11-12-13-14-16-17-15-4-2/h3-16H2,1-2H3. The van der Waals surface area contributed by atoms with Crippen molar-refractivity contribution in [3.05, 3.63) is 0 Å². The van der Waals surface area contributed by atoms with E-state index in [1.54, 1.807) is 0 Å². The van der Waals surface area contributed by atoms with E-state index in [2.05, 4.69) is 13.8 Å². The minimum Gasteiger partial charge on any atom is -0.381 e. The van der Waals surface area contributed by atoms with Crippen molar-refractivity contribution in [2.75, 3.05) is 13.2 Å². The molecule has 0 aliphatic heterocycles. The Balaban J connectivity index is 2.85. The van der Waals surface area contributed by atoms with E-state index in [1.165, 1.54) is 70.6 Å². The second-order valence-corrected chi connectivity index (χ2v) is 5.15. The molecule has 0 N–H and O–H groups in total. The predicted octanol–water partition coefficient (Wildman–Crippen LogP) is 5.72. The highest BCUT2D eigenvalue weighted by Crippen LogP contribution is 2.11. The van der Waals surface area contributed by atoms with Crippen LogP contribution in [0, 0.1) is 0 Å². The van der Waals surface area contributed by atoms with Crippen molar-refractivity contribution in [1.29, 1.82) is 0 Å². The number of unbranched alkanes of at least 4 members (excludes halogenated alkanes) is 10. The van der Waals surface area contributed by atoms with Gasteiger partial charge in [-0.1, -0.05) is 78.1 Å². The lowest BCUT2D eigenvalue weighted by Gasteiger charge is -2.03. The van der Waals surface area contributed by atoms with Crippen LogP contribution >= 0.6 is 0 Å². The topological polar surface area (TPSA) is 9.23 Å². The molecule has 104 valence electrons. The van der Waals surface area contributed by atoms with Crippen molar-refractivity contribution in [1.82, 2.24) is 0 Å². The Bertz CT molecular complexity index is 109. The van der Waals surface area contributed by atoms with Crippen LogP contribution in [0.4, 0.5) is 0 Å².